The number of nitro groups is 2. The van der Waals surface area contributed by atoms with Crippen molar-refractivity contribution in [2.45, 2.75) is 18.7 Å². The topological polar surface area (TPSA) is 124 Å². The van der Waals surface area contributed by atoms with E-state index in [-0.39, 0.29) is 5.69 Å². The Bertz CT molecular complexity index is 667. The van der Waals surface area contributed by atoms with Crippen LogP contribution < -0.4 is 4.90 Å². The lowest BCUT2D eigenvalue weighted by Crippen LogP contribution is -2.24. The molecule has 1 aromatic rings. The molecule has 1 rings (SSSR count). The Balaban J connectivity index is 3.83. The van der Waals surface area contributed by atoms with Gasteiger partial charge in [0.25, 0.3) is 0 Å². The molecule has 0 bridgehead atoms. The van der Waals surface area contributed by atoms with Crippen LogP contribution >= 0.6 is 11.6 Å². The van der Waals surface area contributed by atoms with E-state index >= 15 is 0 Å². The first kappa shape index (κ1) is 18.1. The van der Waals surface area contributed by atoms with Crippen molar-refractivity contribution in [2.24, 2.45) is 0 Å². The number of nitrogens with zero attached hydrogens (tertiary/aromatic N) is 3. The Hall–Kier alpha value is -1.94. The van der Waals surface area contributed by atoms with Gasteiger partial charge < -0.3 is 4.90 Å². The SMILES string of the molecule is CCN(CC)c1c([N+](=O)[O-])cc(S(=O)(=O)CCl)cc1[N+](=O)[O-]. The van der Waals surface area contributed by atoms with E-state index in [1.807, 2.05) is 0 Å². The van der Waals surface area contributed by atoms with Gasteiger partial charge >= 0.3 is 11.4 Å². The van der Waals surface area contributed by atoms with Gasteiger partial charge in [0.1, 0.15) is 5.21 Å². The molecule has 0 aliphatic heterocycles. The van der Waals surface area contributed by atoms with Crippen LogP contribution in [-0.2, 0) is 9.84 Å². The Morgan fingerprint density at radius 3 is 1.77 bits per heavy atom. The van der Waals surface area contributed by atoms with Gasteiger partial charge in [-0.05, 0) is 13.8 Å². The van der Waals surface area contributed by atoms with Crippen molar-refractivity contribution in [1.82, 2.24) is 0 Å². The summed E-state index contributed by atoms with van der Waals surface area (Å²) in [5.41, 5.74) is -1.49. The van der Waals surface area contributed by atoms with E-state index in [9.17, 15) is 28.6 Å². The van der Waals surface area contributed by atoms with Crippen molar-refractivity contribution in [3.63, 3.8) is 0 Å². The molecular formula is C11H14ClN3O6S. The van der Waals surface area contributed by atoms with Gasteiger partial charge in [0.05, 0.1) is 14.7 Å². The number of sulfone groups is 1. The van der Waals surface area contributed by atoms with E-state index < -0.39 is 41.2 Å². The van der Waals surface area contributed by atoms with Crippen molar-refractivity contribution in [3.8, 4) is 0 Å². The third-order valence-corrected chi connectivity index (χ3v) is 5.12. The summed E-state index contributed by atoms with van der Waals surface area (Å²) in [7, 11) is -4.03. The zero-order chi connectivity index (χ0) is 17.1. The van der Waals surface area contributed by atoms with Crippen LogP contribution in [0.2, 0.25) is 0 Å². The summed E-state index contributed by atoms with van der Waals surface area (Å²) in [6.07, 6.45) is 0. The average molecular weight is 352 g/mol. The first-order valence-electron chi connectivity index (χ1n) is 6.20. The molecule has 0 N–H and O–H groups in total. The number of alkyl halides is 1. The molecule has 0 radical (unpaired) electrons. The molecule has 1 aromatic carbocycles. The minimum atomic E-state index is -4.03. The summed E-state index contributed by atoms with van der Waals surface area (Å²) >= 11 is 5.31. The predicted octanol–water partition coefficient (Wildman–Crippen LogP) is 2.32. The Labute approximate surface area is 131 Å². The molecule has 11 heteroatoms. The summed E-state index contributed by atoms with van der Waals surface area (Å²) in [5, 5.41) is 21.6. The largest absolute Gasteiger partial charge is 0.361 e. The molecule has 0 fully saturated rings. The van der Waals surface area contributed by atoms with Crippen LogP contribution in [0.5, 0.6) is 0 Å². The number of halogens is 1. The van der Waals surface area contributed by atoms with Crippen LogP contribution in [0, 0.1) is 20.2 Å². The molecule has 0 unspecified atom stereocenters. The molecule has 0 aliphatic rings. The fraction of sp³-hybridized carbons (Fsp3) is 0.455. The van der Waals surface area contributed by atoms with Crippen molar-refractivity contribution < 1.29 is 18.3 Å². The molecule has 0 heterocycles. The maximum Gasteiger partial charge on any atom is 0.300 e. The number of benzene rings is 1. The quantitative estimate of drug-likeness (QED) is 0.419. The Morgan fingerprint density at radius 2 is 1.50 bits per heavy atom. The van der Waals surface area contributed by atoms with E-state index in [0.29, 0.717) is 13.1 Å². The summed E-state index contributed by atoms with van der Waals surface area (Å²) in [6, 6.07) is 1.61. The lowest BCUT2D eigenvalue weighted by Gasteiger charge is -2.20. The molecule has 0 aromatic heterocycles. The predicted molar refractivity (Wildman–Crippen MR) is 81.2 cm³/mol. The van der Waals surface area contributed by atoms with Crippen LogP contribution in [0.3, 0.4) is 0 Å². The molecule has 0 amide bonds. The fourth-order valence-corrected chi connectivity index (χ4v) is 3.05. The lowest BCUT2D eigenvalue weighted by molar-refractivity contribution is -0.393. The zero-order valence-electron chi connectivity index (χ0n) is 11.9. The Morgan fingerprint density at radius 1 is 1.09 bits per heavy atom. The van der Waals surface area contributed by atoms with Crippen molar-refractivity contribution in [2.75, 3.05) is 23.2 Å². The number of rotatable bonds is 7. The van der Waals surface area contributed by atoms with E-state index in [2.05, 4.69) is 0 Å². The minimum Gasteiger partial charge on any atom is -0.361 e. The lowest BCUT2D eigenvalue weighted by atomic mass is 10.2. The van der Waals surface area contributed by atoms with Gasteiger partial charge in [-0.2, -0.15) is 0 Å². The molecule has 22 heavy (non-hydrogen) atoms. The third-order valence-electron chi connectivity index (χ3n) is 3.02. The first-order chi connectivity index (χ1) is 10.2. The standard InChI is InChI=1S/C11H14ClN3O6S/c1-3-13(4-2)11-9(14(16)17)5-8(22(20,21)7-12)6-10(11)15(18)19/h5-6H,3-4,7H2,1-2H3. The van der Waals surface area contributed by atoms with Gasteiger partial charge in [-0.15, -0.1) is 11.6 Å². The number of anilines is 1. The normalized spacial score (nSPS) is 11.2. The first-order valence-corrected chi connectivity index (χ1v) is 8.38. The highest BCUT2D eigenvalue weighted by atomic mass is 35.5. The number of hydrogen-bond acceptors (Lipinski definition) is 7. The van der Waals surface area contributed by atoms with Gasteiger partial charge in [0, 0.05) is 25.2 Å². The molecule has 0 aliphatic carbocycles. The highest BCUT2D eigenvalue weighted by Gasteiger charge is 2.32. The molecule has 0 spiro atoms. The van der Waals surface area contributed by atoms with Crippen molar-refractivity contribution in [3.05, 3.63) is 32.4 Å². The minimum absolute atomic E-state index is 0.214. The van der Waals surface area contributed by atoms with Gasteiger partial charge in [0.15, 0.2) is 15.5 Å². The van der Waals surface area contributed by atoms with Gasteiger partial charge in [-0.3, -0.25) is 20.2 Å². The second-order valence-electron chi connectivity index (χ2n) is 4.22. The molecule has 0 atom stereocenters. The van der Waals surface area contributed by atoms with Crippen LogP contribution in [0.1, 0.15) is 13.8 Å². The smallest absolute Gasteiger partial charge is 0.300 e. The summed E-state index contributed by atoms with van der Waals surface area (Å²) in [6.45, 7) is 3.94. The monoisotopic (exact) mass is 351 g/mol. The second-order valence-corrected chi connectivity index (χ2v) is 6.79. The van der Waals surface area contributed by atoms with E-state index in [1.54, 1.807) is 13.8 Å². The maximum atomic E-state index is 11.8. The summed E-state index contributed by atoms with van der Waals surface area (Å²) in [4.78, 5) is 21.7. The van der Waals surface area contributed by atoms with E-state index in [0.717, 1.165) is 12.1 Å². The highest BCUT2D eigenvalue weighted by molar-refractivity contribution is 7.92. The van der Waals surface area contributed by atoms with Gasteiger partial charge in [-0.25, -0.2) is 8.42 Å². The third kappa shape index (κ3) is 3.45. The van der Waals surface area contributed by atoms with Gasteiger partial charge in [0.2, 0.25) is 0 Å². The molecular weight excluding hydrogens is 338 g/mol. The molecule has 0 saturated heterocycles. The number of hydrogen-bond donors (Lipinski definition) is 0. The van der Waals surface area contributed by atoms with E-state index in [4.69, 9.17) is 11.6 Å². The van der Waals surface area contributed by atoms with Crippen molar-refractivity contribution >= 4 is 38.5 Å². The Kier molecular flexibility index (Phi) is 5.66. The van der Waals surface area contributed by atoms with Crippen LogP contribution in [0.25, 0.3) is 0 Å². The fourth-order valence-electron chi connectivity index (χ4n) is 1.96. The zero-order valence-corrected chi connectivity index (χ0v) is 13.4. The molecule has 122 valence electrons. The van der Waals surface area contributed by atoms with Crippen LogP contribution in [-0.4, -0.2) is 36.6 Å². The van der Waals surface area contributed by atoms with Crippen LogP contribution in [0.15, 0.2) is 17.0 Å². The average Bonchev–Trinajstić information content (AvgIpc) is 2.47. The van der Waals surface area contributed by atoms with Crippen molar-refractivity contribution in [1.29, 1.82) is 0 Å². The summed E-state index contributed by atoms with van der Waals surface area (Å²) in [5.74, 6) is 0. The summed E-state index contributed by atoms with van der Waals surface area (Å²) < 4.78 is 23.6. The maximum absolute atomic E-state index is 11.8. The molecule has 0 saturated carbocycles. The second kappa shape index (κ2) is 6.88. The van der Waals surface area contributed by atoms with Crippen LogP contribution in [0.4, 0.5) is 17.1 Å². The highest BCUT2D eigenvalue weighted by Crippen LogP contribution is 2.40. The van der Waals surface area contributed by atoms with Gasteiger partial charge in [-0.1, -0.05) is 0 Å². The molecule has 9 nitrogen and oxygen atoms in total. The number of nitro benzene ring substituents is 2. The van der Waals surface area contributed by atoms with E-state index in [1.165, 1.54) is 4.90 Å².